The van der Waals surface area contributed by atoms with Gasteiger partial charge in [-0.05, 0) is 66.0 Å². The lowest BCUT2D eigenvalue weighted by Crippen LogP contribution is -2.27. The van der Waals surface area contributed by atoms with Crippen LogP contribution in [0.4, 0.5) is 0 Å². The Kier molecular flexibility index (Phi) is 5.07. The summed E-state index contributed by atoms with van der Waals surface area (Å²) in [7, 11) is 0. The standard InChI is InChI=1S/C17H17BrClNO/c1-10-4-5-11(2)14(8-10)12(3)20-17(21)13-6-7-15(18)16(19)9-13/h4-9,12H,1-3H3,(H,20,21). The summed E-state index contributed by atoms with van der Waals surface area (Å²) in [5, 5.41) is 3.54. The van der Waals surface area contributed by atoms with Gasteiger partial charge in [-0.15, -0.1) is 0 Å². The summed E-state index contributed by atoms with van der Waals surface area (Å²) in [5.74, 6) is -0.127. The van der Waals surface area contributed by atoms with Crippen molar-refractivity contribution in [3.8, 4) is 0 Å². The van der Waals surface area contributed by atoms with Crippen molar-refractivity contribution >= 4 is 33.4 Å². The van der Waals surface area contributed by atoms with Gasteiger partial charge in [0.25, 0.3) is 5.91 Å². The summed E-state index contributed by atoms with van der Waals surface area (Å²) < 4.78 is 0.781. The highest BCUT2D eigenvalue weighted by atomic mass is 79.9. The van der Waals surface area contributed by atoms with E-state index in [1.807, 2.05) is 20.8 Å². The van der Waals surface area contributed by atoms with Gasteiger partial charge in [0.2, 0.25) is 0 Å². The molecule has 2 aromatic carbocycles. The molecule has 0 saturated carbocycles. The van der Waals surface area contributed by atoms with Crippen LogP contribution in [0, 0.1) is 13.8 Å². The van der Waals surface area contributed by atoms with Gasteiger partial charge >= 0.3 is 0 Å². The minimum Gasteiger partial charge on any atom is -0.346 e. The third kappa shape index (κ3) is 3.86. The zero-order valence-corrected chi connectivity index (χ0v) is 14.5. The lowest BCUT2D eigenvalue weighted by Gasteiger charge is -2.17. The molecule has 21 heavy (non-hydrogen) atoms. The summed E-state index contributed by atoms with van der Waals surface area (Å²) in [4.78, 5) is 12.3. The fourth-order valence-electron chi connectivity index (χ4n) is 2.22. The first-order valence-electron chi connectivity index (χ1n) is 6.71. The third-order valence-electron chi connectivity index (χ3n) is 3.43. The summed E-state index contributed by atoms with van der Waals surface area (Å²) in [6.07, 6.45) is 0. The van der Waals surface area contributed by atoms with Gasteiger partial charge in [-0.1, -0.05) is 35.4 Å². The lowest BCUT2D eigenvalue weighted by molar-refractivity contribution is 0.0940. The molecule has 0 aliphatic carbocycles. The van der Waals surface area contributed by atoms with Gasteiger partial charge in [0.15, 0.2) is 0 Å². The number of hydrogen-bond donors (Lipinski definition) is 1. The fourth-order valence-corrected chi connectivity index (χ4v) is 2.65. The van der Waals surface area contributed by atoms with E-state index in [2.05, 4.69) is 39.4 Å². The number of amides is 1. The molecular formula is C17H17BrClNO. The Morgan fingerprint density at radius 2 is 1.90 bits per heavy atom. The summed E-state index contributed by atoms with van der Waals surface area (Å²) in [6, 6.07) is 11.4. The van der Waals surface area contributed by atoms with Crippen LogP contribution in [0.5, 0.6) is 0 Å². The minimum atomic E-state index is -0.127. The quantitative estimate of drug-likeness (QED) is 0.793. The van der Waals surface area contributed by atoms with E-state index >= 15 is 0 Å². The molecule has 2 nitrogen and oxygen atoms in total. The molecule has 1 atom stereocenters. The van der Waals surface area contributed by atoms with E-state index in [1.54, 1.807) is 18.2 Å². The molecule has 4 heteroatoms. The van der Waals surface area contributed by atoms with Crippen LogP contribution in [-0.2, 0) is 0 Å². The highest BCUT2D eigenvalue weighted by Crippen LogP contribution is 2.24. The van der Waals surface area contributed by atoms with Crippen LogP contribution < -0.4 is 5.32 Å². The Morgan fingerprint density at radius 3 is 2.57 bits per heavy atom. The van der Waals surface area contributed by atoms with E-state index in [0.717, 1.165) is 10.0 Å². The van der Waals surface area contributed by atoms with Crippen LogP contribution in [0.3, 0.4) is 0 Å². The molecule has 0 spiro atoms. The van der Waals surface area contributed by atoms with Crippen LogP contribution >= 0.6 is 27.5 Å². The smallest absolute Gasteiger partial charge is 0.251 e. The first-order valence-corrected chi connectivity index (χ1v) is 7.88. The Bertz CT molecular complexity index is 684. The van der Waals surface area contributed by atoms with E-state index in [4.69, 9.17) is 11.6 Å². The molecule has 0 heterocycles. The lowest BCUT2D eigenvalue weighted by atomic mass is 10.00. The SMILES string of the molecule is Cc1ccc(C)c(C(C)NC(=O)c2ccc(Br)c(Cl)c2)c1. The van der Waals surface area contributed by atoms with Crippen molar-refractivity contribution < 1.29 is 4.79 Å². The van der Waals surface area contributed by atoms with Crippen LogP contribution in [0.2, 0.25) is 5.02 Å². The zero-order chi connectivity index (χ0) is 15.6. The first kappa shape index (κ1) is 16.1. The molecule has 1 N–H and O–H groups in total. The molecule has 0 aromatic heterocycles. The molecule has 2 aromatic rings. The number of benzene rings is 2. The second kappa shape index (κ2) is 6.63. The van der Waals surface area contributed by atoms with E-state index in [1.165, 1.54) is 11.1 Å². The Morgan fingerprint density at radius 1 is 1.19 bits per heavy atom. The average molecular weight is 367 g/mol. The number of carbonyl (C=O) groups is 1. The molecule has 0 radical (unpaired) electrons. The maximum absolute atomic E-state index is 12.3. The summed E-state index contributed by atoms with van der Waals surface area (Å²) in [6.45, 7) is 6.08. The molecular weight excluding hydrogens is 350 g/mol. The highest BCUT2D eigenvalue weighted by Gasteiger charge is 2.14. The number of hydrogen-bond acceptors (Lipinski definition) is 1. The second-order valence-corrected chi connectivity index (χ2v) is 6.45. The Labute approximate surface area is 138 Å². The van der Waals surface area contributed by atoms with Crippen molar-refractivity contribution in [3.05, 3.63) is 68.1 Å². The van der Waals surface area contributed by atoms with Crippen molar-refractivity contribution in [1.29, 1.82) is 0 Å². The topological polar surface area (TPSA) is 29.1 Å². The molecule has 1 unspecified atom stereocenters. The fraction of sp³-hybridized carbons (Fsp3) is 0.235. The van der Waals surface area contributed by atoms with Gasteiger partial charge in [0.1, 0.15) is 0 Å². The first-order chi connectivity index (χ1) is 9.88. The largest absolute Gasteiger partial charge is 0.346 e. The normalized spacial score (nSPS) is 12.0. The van der Waals surface area contributed by atoms with E-state index in [-0.39, 0.29) is 11.9 Å². The highest BCUT2D eigenvalue weighted by molar-refractivity contribution is 9.10. The number of aryl methyl sites for hydroxylation is 2. The maximum atomic E-state index is 12.3. The molecule has 0 bridgehead atoms. The average Bonchev–Trinajstić information content (AvgIpc) is 2.44. The van der Waals surface area contributed by atoms with Crippen molar-refractivity contribution in [2.45, 2.75) is 26.8 Å². The second-order valence-electron chi connectivity index (χ2n) is 5.18. The maximum Gasteiger partial charge on any atom is 0.251 e. The third-order valence-corrected chi connectivity index (χ3v) is 4.66. The number of halogens is 2. The Balaban J connectivity index is 2.18. The molecule has 0 aliphatic heterocycles. The Hall–Kier alpha value is -1.32. The van der Waals surface area contributed by atoms with Gasteiger partial charge in [0.05, 0.1) is 11.1 Å². The van der Waals surface area contributed by atoms with Crippen molar-refractivity contribution in [2.24, 2.45) is 0 Å². The van der Waals surface area contributed by atoms with Crippen LogP contribution in [0.15, 0.2) is 40.9 Å². The van der Waals surface area contributed by atoms with Crippen molar-refractivity contribution in [2.75, 3.05) is 0 Å². The van der Waals surface area contributed by atoms with Crippen molar-refractivity contribution in [3.63, 3.8) is 0 Å². The molecule has 0 saturated heterocycles. The van der Waals surface area contributed by atoms with Gasteiger partial charge in [-0.25, -0.2) is 0 Å². The van der Waals surface area contributed by atoms with Gasteiger partial charge in [-0.2, -0.15) is 0 Å². The molecule has 0 fully saturated rings. The van der Waals surface area contributed by atoms with E-state index in [0.29, 0.717) is 10.6 Å². The molecule has 0 aliphatic rings. The van der Waals surface area contributed by atoms with Crippen molar-refractivity contribution in [1.82, 2.24) is 5.32 Å². The zero-order valence-electron chi connectivity index (χ0n) is 12.2. The molecule has 2 rings (SSSR count). The van der Waals surface area contributed by atoms with E-state index < -0.39 is 0 Å². The van der Waals surface area contributed by atoms with Crippen LogP contribution in [0.1, 0.15) is 40.0 Å². The van der Waals surface area contributed by atoms with Gasteiger partial charge < -0.3 is 5.32 Å². The number of nitrogens with one attached hydrogen (secondary N) is 1. The predicted molar refractivity (Wildman–Crippen MR) is 90.9 cm³/mol. The monoisotopic (exact) mass is 365 g/mol. The molecule has 1 amide bonds. The number of rotatable bonds is 3. The van der Waals surface area contributed by atoms with Gasteiger partial charge in [0, 0.05) is 10.0 Å². The molecule has 110 valence electrons. The minimum absolute atomic E-state index is 0.0557. The number of carbonyl (C=O) groups excluding carboxylic acids is 1. The summed E-state index contributed by atoms with van der Waals surface area (Å²) >= 11 is 9.35. The van der Waals surface area contributed by atoms with Gasteiger partial charge in [-0.3, -0.25) is 4.79 Å². The summed E-state index contributed by atoms with van der Waals surface area (Å²) in [5.41, 5.74) is 4.04. The van der Waals surface area contributed by atoms with Crippen LogP contribution in [0.25, 0.3) is 0 Å². The van der Waals surface area contributed by atoms with E-state index in [9.17, 15) is 4.79 Å². The predicted octanol–water partition coefficient (Wildman–Crippen LogP) is 5.21. The van der Waals surface area contributed by atoms with Crippen LogP contribution in [-0.4, -0.2) is 5.91 Å².